The molecule has 2 aromatic rings. The molecule has 106 valence electrons. The molecule has 2 aromatic carbocycles. The molecule has 0 heterocycles. The van der Waals surface area contributed by atoms with Gasteiger partial charge in [0.2, 0.25) is 0 Å². The minimum Gasteiger partial charge on any atom is -0.387 e. The maximum Gasteiger partial charge on any atom is 0.263 e. The number of anilines is 2. The highest BCUT2D eigenvalue weighted by Gasteiger charge is 2.19. The van der Waals surface area contributed by atoms with Crippen molar-refractivity contribution in [1.29, 1.82) is 0 Å². The molecule has 7 heteroatoms. The molecular weight excluding hydrogens is 347 g/mol. The van der Waals surface area contributed by atoms with Crippen LogP contribution in [0.1, 0.15) is 0 Å². The number of benzene rings is 2. The standard InChI is InChI=1S/C13H12BrFN2O2S/c1-16-12-4-2-3-5-13(12)20(18,19)17-11-7-6-9(15)8-10(11)14/h2-8,16-17H,1H3. The Hall–Kier alpha value is -1.60. The molecule has 2 rings (SSSR count). The Labute approximate surface area is 125 Å². The van der Waals surface area contributed by atoms with Gasteiger partial charge >= 0.3 is 0 Å². The fourth-order valence-corrected chi connectivity index (χ4v) is 3.56. The fourth-order valence-electron chi connectivity index (χ4n) is 1.68. The van der Waals surface area contributed by atoms with Gasteiger partial charge in [-0.15, -0.1) is 0 Å². The Balaban J connectivity index is 2.41. The summed E-state index contributed by atoms with van der Waals surface area (Å²) in [7, 11) is -2.12. The summed E-state index contributed by atoms with van der Waals surface area (Å²) in [5.41, 5.74) is 0.760. The second-order valence-electron chi connectivity index (χ2n) is 3.98. The van der Waals surface area contributed by atoms with Crippen LogP contribution in [0.4, 0.5) is 15.8 Å². The highest BCUT2D eigenvalue weighted by atomic mass is 79.9. The molecule has 0 aromatic heterocycles. The molecule has 0 aliphatic heterocycles. The van der Waals surface area contributed by atoms with Crippen molar-refractivity contribution in [2.75, 3.05) is 17.1 Å². The summed E-state index contributed by atoms with van der Waals surface area (Å²) >= 11 is 3.13. The highest BCUT2D eigenvalue weighted by Crippen LogP contribution is 2.28. The largest absolute Gasteiger partial charge is 0.387 e. The third-order valence-corrected chi connectivity index (χ3v) is 4.70. The lowest BCUT2D eigenvalue weighted by Crippen LogP contribution is -2.15. The third kappa shape index (κ3) is 3.10. The number of halogens is 2. The predicted molar refractivity (Wildman–Crippen MR) is 80.9 cm³/mol. The summed E-state index contributed by atoms with van der Waals surface area (Å²) in [6.07, 6.45) is 0. The normalized spacial score (nSPS) is 11.2. The Kier molecular flexibility index (Phi) is 4.29. The van der Waals surface area contributed by atoms with Crippen molar-refractivity contribution < 1.29 is 12.8 Å². The number of nitrogens with one attached hydrogen (secondary N) is 2. The maximum atomic E-state index is 13.0. The number of rotatable bonds is 4. The first kappa shape index (κ1) is 14.8. The van der Waals surface area contributed by atoms with Gasteiger partial charge in [-0.25, -0.2) is 12.8 Å². The second-order valence-corrected chi connectivity index (χ2v) is 6.48. The van der Waals surface area contributed by atoms with Crippen LogP contribution < -0.4 is 10.0 Å². The molecule has 0 fully saturated rings. The van der Waals surface area contributed by atoms with Gasteiger partial charge < -0.3 is 5.32 Å². The molecule has 0 aliphatic rings. The molecule has 0 saturated heterocycles. The summed E-state index contributed by atoms with van der Waals surface area (Å²) in [5.74, 6) is -0.449. The molecule has 0 atom stereocenters. The zero-order valence-corrected chi connectivity index (χ0v) is 12.9. The van der Waals surface area contributed by atoms with E-state index in [1.807, 2.05) is 0 Å². The van der Waals surface area contributed by atoms with Gasteiger partial charge in [0, 0.05) is 11.5 Å². The van der Waals surface area contributed by atoms with E-state index in [9.17, 15) is 12.8 Å². The minimum absolute atomic E-state index is 0.124. The number of para-hydroxylation sites is 1. The zero-order valence-electron chi connectivity index (χ0n) is 10.5. The van der Waals surface area contributed by atoms with Crippen LogP contribution >= 0.6 is 15.9 Å². The van der Waals surface area contributed by atoms with E-state index in [-0.39, 0.29) is 10.6 Å². The van der Waals surface area contributed by atoms with Gasteiger partial charge in [0.05, 0.1) is 11.4 Å². The summed E-state index contributed by atoms with van der Waals surface area (Å²) < 4.78 is 40.5. The Bertz CT molecular complexity index is 735. The highest BCUT2D eigenvalue weighted by molar-refractivity contribution is 9.10. The van der Waals surface area contributed by atoms with E-state index >= 15 is 0 Å². The molecule has 0 saturated carbocycles. The van der Waals surface area contributed by atoms with Crippen molar-refractivity contribution in [3.63, 3.8) is 0 Å². The van der Waals surface area contributed by atoms with Gasteiger partial charge in [0.15, 0.2) is 0 Å². The van der Waals surface area contributed by atoms with Crippen LogP contribution in [0.5, 0.6) is 0 Å². The second kappa shape index (κ2) is 5.80. The lowest BCUT2D eigenvalue weighted by atomic mass is 10.3. The van der Waals surface area contributed by atoms with Crippen molar-refractivity contribution in [2.45, 2.75) is 4.90 Å². The number of sulfonamides is 1. The lowest BCUT2D eigenvalue weighted by Gasteiger charge is -2.13. The quantitative estimate of drug-likeness (QED) is 0.880. The van der Waals surface area contributed by atoms with E-state index in [2.05, 4.69) is 26.0 Å². The molecule has 0 aliphatic carbocycles. The number of hydrogen-bond donors (Lipinski definition) is 2. The average Bonchev–Trinajstić information content (AvgIpc) is 2.42. The van der Waals surface area contributed by atoms with Gasteiger partial charge in [-0.1, -0.05) is 12.1 Å². The van der Waals surface area contributed by atoms with Crippen LogP contribution in [0, 0.1) is 5.82 Å². The maximum absolute atomic E-state index is 13.0. The molecule has 2 N–H and O–H groups in total. The van der Waals surface area contributed by atoms with Gasteiger partial charge in [-0.3, -0.25) is 4.72 Å². The Morgan fingerprint density at radius 1 is 1.10 bits per heavy atom. The van der Waals surface area contributed by atoms with E-state index in [1.165, 1.54) is 24.3 Å². The SMILES string of the molecule is CNc1ccccc1S(=O)(=O)Nc1ccc(F)cc1Br. The summed E-state index contributed by atoms with van der Waals surface area (Å²) in [4.78, 5) is 0.124. The van der Waals surface area contributed by atoms with Gasteiger partial charge in [-0.05, 0) is 46.3 Å². The smallest absolute Gasteiger partial charge is 0.263 e. The van der Waals surface area contributed by atoms with Gasteiger partial charge in [0.25, 0.3) is 10.0 Å². The van der Waals surface area contributed by atoms with Crippen molar-refractivity contribution in [1.82, 2.24) is 0 Å². The Morgan fingerprint density at radius 2 is 1.80 bits per heavy atom. The van der Waals surface area contributed by atoms with Crippen LogP contribution in [0.3, 0.4) is 0 Å². The summed E-state index contributed by atoms with van der Waals surface area (Å²) in [6, 6.07) is 10.3. The van der Waals surface area contributed by atoms with Crippen LogP contribution in [0.15, 0.2) is 51.8 Å². The fraction of sp³-hybridized carbons (Fsp3) is 0.0769. The van der Waals surface area contributed by atoms with Crippen LogP contribution in [-0.2, 0) is 10.0 Å². The zero-order chi connectivity index (χ0) is 14.8. The lowest BCUT2D eigenvalue weighted by molar-refractivity contribution is 0.601. The molecular formula is C13H12BrFN2O2S. The molecule has 0 radical (unpaired) electrons. The topological polar surface area (TPSA) is 58.2 Å². The molecule has 0 unspecified atom stereocenters. The molecule has 0 spiro atoms. The predicted octanol–water partition coefficient (Wildman–Crippen LogP) is 3.43. The first-order chi connectivity index (χ1) is 9.44. The first-order valence-electron chi connectivity index (χ1n) is 5.68. The average molecular weight is 359 g/mol. The molecule has 0 bridgehead atoms. The van der Waals surface area contributed by atoms with Crippen LogP contribution in [-0.4, -0.2) is 15.5 Å². The van der Waals surface area contributed by atoms with Crippen LogP contribution in [0.25, 0.3) is 0 Å². The minimum atomic E-state index is -3.76. The van der Waals surface area contributed by atoms with Crippen LogP contribution in [0.2, 0.25) is 0 Å². The summed E-state index contributed by atoms with van der Waals surface area (Å²) in [6.45, 7) is 0. The van der Waals surface area contributed by atoms with Crippen molar-refractivity contribution in [3.8, 4) is 0 Å². The molecule has 4 nitrogen and oxygen atoms in total. The third-order valence-electron chi connectivity index (χ3n) is 2.62. The van der Waals surface area contributed by atoms with Crippen molar-refractivity contribution in [3.05, 3.63) is 52.8 Å². The monoisotopic (exact) mass is 358 g/mol. The molecule has 20 heavy (non-hydrogen) atoms. The van der Waals surface area contributed by atoms with E-state index < -0.39 is 15.8 Å². The van der Waals surface area contributed by atoms with E-state index in [4.69, 9.17) is 0 Å². The van der Waals surface area contributed by atoms with E-state index in [0.29, 0.717) is 10.2 Å². The first-order valence-corrected chi connectivity index (χ1v) is 7.96. The van der Waals surface area contributed by atoms with Crippen molar-refractivity contribution >= 4 is 37.3 Å². The van der Waals surface area contributed by atoms with Gasteiger partial charge in [0.1, 0.15) is 10.7 Å². The van der Waals surface area contributed by atoms with Crippen molar-refractivity contribution in [2.24, 2.45) is 0 Å². The number of hydrogen-bond acceptors (Lipinski definition) is 3. The summed E-state index contributed by atoms with van der Waals surface area (Å²) in [5, 5.41) is 2.82. The van der Waals surface area contributed by atoms with E-state index in [0.717, 1.165) is 0 Å². The Morgan fingerprint density at radius 3 is 2.45 bits per heavy atom. The van der Waals surface area contributed by atoms with E-state index in [1.54, 1.807) is 25.2 Å². The van der Waals surface area contributed by atoms with Gasteiger partial charge in [-0.2, -0.15) is 0 Å². The molecule has 0 amide bonds.